The summed E-state index contributed by atoms with van der Waals surface area (Å²) in [6.07, 6.45) is 1.78. The first-order valence-corrected chi connectivity index (χ1v) is 11.8. The third-order valence-corrected chi connectivity index (χ3v) is 5.31. The number of rotatable bonds is 6. The monoisotopic (exact) mass is 518 g/mol. The number of carbonyl (C=O) groups excluding carboxylic acids is 2. The molecule has 198 valence electrons. The second kappa shape index (κ2) is 12.8. The average Bonchev–Trinajstić information content (AvgIpc) is 2.94. The molecular formula is C26H30N8O4. The highest BCUT2D eigenvalue weighted by molar-refractivity contribution is 6.13. The maximum atomic E-state index is 12.3. The minimum atomic E-state index is -0.636. The molecule has 0 aliphatic carbocycles. The summed E-state index contributed by atoms with van der Waals surface area (Å²) in [5, 5.41) is 0. The minimum Gasteiger partial charge on any atom is -0.449 e. The summed E-state index contributed by atoms with van der Waals surface area (Å²) in [4.78, 5) is 43.6. The third-order valence-electron chi connectivity index (χ3n) is 5.31. The first-order valence-electron chi connectivity index (χ1n) is 11.8. The number of hydrogen-bond acceptors (Lipinski definition) is 8. The topological polar surface area (TPSA) is 162 Å². The number of amides is 2. The fourth-order valence-electron chi connectivity index (χ4n) is 3.43. The summed E-state index contributed by atoms with van der Waals surface area (Å²) in [6.45, 7) is 3.82. The first-order chi connectivity index (χ1) is 18.3. The summed E-state index contributed by atoms with van der Waals surface area (Å²) in [6, 6.07) is 14.6. The predicted molar refractivity (Wildman–Crippen MR) is 147 cm³/mol. The van der Waals surface area contributed by atoms with Crippen molar-refractivity contribution in [2.24, 2.45) is 21.5 Å². The summed E-state index contributed by atoms with van der Waals surface area (Å²) < 4.78 is 10.1. The van der Waals surface area contributed by atoms with Crippen LogP contribution in [0.1, 0.15) is 13.8 Å². The average molecular weight is 519 g/mol. The van der Waals surface area contributed by atoms with E-state index < -0.39 is 12.2 Å². The molecule has 0 bridgehead atoms. The molecule has 2 heterocycles. The van der Waals surface area contributed by atoms with Crippen LogP contribution in [-0.2, 0) is 9.47 Å². The van der Waals surface area contributed by atoms with Gasteiger partial charge in [-0.1, -0.05) is 24.3 Å². The number of anilines is 2. The molecule has 0 radical (unpaired) electrons. The number of nitrogens with zero attached hydrogens (tertiary/aromatic N) is 6. The number of carbonyl (C=O) groups is 2. The number of benzene rings is 1. The zero-order chi connectivity index (χ0) is 27.7. The Bertz CT molecular complexity index is 1200. The lowest BCUT2D eigenvalue weighted by atomic mass is 10.1. The van der Waals surface area contributed by atoms with E-state index in [4.69, 9.17) is 20.9 Å². The summed E-state index contributed by atoms with van der Waals surface area (Å²) in [7, 11) is 2.97. The molecule has 12 nitrogen and oxygen atoms in total. The SMILES string of the molecule is CCOC(=O)N(C(N)=NC)c1ccc(-c2ccc(-c3ccc(N(C(=O)OCC)C(N)=NC)cn3)cc2)nc1. The minimum absolute atomic E-state index is 0.00378. The van der Waals surface area contributed by atoms with E-state index in [0.717, 1.165) is 20.9 Å². The molecule has 0 spiro atoms. The Labute approximate surface area is 220 Å². The molecule has 1 aromatic carbocycles. The lowest BCUT2D eigenvalue weighted by molar-refractivity contribution is 0.162. The standard InChI is InChI=1S/C26H30N8O4/c1-5-37-25(35)33(23(27)29-3)19-11-13-21(31-15-19)17-7-9-18(10-8-17)22-14-12-20(16-32-22)34(24(28)30-4)26(36)38-6-2/h7-16H,5-6H2,1-4H3,(H2,27,29)(H2,28,30). The Kier molecular flexibility index (Phi) is 9.30. The lowest BCUT2D eigenvalue weighted by Gasteiger charge is -2.20. The van der Waals surface area contributed by atoms with Crippen LogP contribution in [0, 0.1) is 0 Å². The van der Waals surface area contributed by atoms with Gasteiger partial charge in [0.15, 0.2) is 0 Å². The highest BCUT2D eigenvalue weighted by Crippen LogP contribution is 2.26. The molecular weight excluding hydrogens is 488 g/mol. The molecule has 0 aliphatic heterocycles. The van der Waals surface area contributed by atoms with Gasteiger partial charge in [-0.15, -0.1) is 0 Å². The molecule has 2 amide bonds. The Hall–Kier alpha value is -5.00. The highest BCUT2D eigenvalue weighted by Gasteiger charge is 2.22. The maximum absolute atomic E-state index is 12.3. The molecule has 38 heavy (non-hydrogen) atoms. The van der Waals surface area contributed by atoms with Gasteiger partial charge in [0.1, 0.15) is 0 Å². The Morgan fingerprint density at radius 2 is 1.08 bits per heavy atom. The Morgan fingerprint density at radius 1 is 0.711 bits per heavy atom. The van der Waals surface area contributed by atoms with Crippen LogP contribution in [0.15, 0.2) is 70.9 Å². The van der Waals surface area contributed by atoms with Gasteiger partial charge in [-0.3, -0.25) is 20.0 Å². The van der Waals surface area contributed by atoms with E-state index in [1.807, 2.05) is 24.3 Å². The van der Waals surface area contributed by atoms with Gasteiger partial charge >= 0.3 is 12.2 Å². The van der Waals surface area contributed by atoms with Crippen molar-refractivity contribution in [3.8, 4) is 22.5 Å². The lowest BCUT2D eigenvalue weighted by Crippen LogP contribution is -2.42. The van der Waals surface area contributed by atoms with Crippen LogP contribution in [0.25, 0.3) is 22.5 Å². The van der Waals surface area contributed by atoms with Crippen LogP contribution in [0.5, 0.6) is 0 Å². The zero-order valence-corrected chi connectivity index (χ0v) is 21.7. The molecule has 12 heteroatoms. The van der Waals surface area contributed by atoms with Crippen molar-refractivity contribution in [2.45, 2.75) is 13.8 Å². The molecule has 0 unspecified atom stereocenters. The van der Waals surface area contributed by atoms with Gasteiger partial charge in [0, 0.05) is 25.2 Å². The normalized spacial score (nSPS) is 11.6. The van der Waals surface area contributed by atoms with E-state index in [1.54, 1.807) is 38.1 Å². The number of guanidine groups is 2. The number of aromatic nitrogens is 2. The smallest absolute Gasteiger partial charge is 0.421 e. The summed E-state index contributed by atoms with van der Waals surface area (Å²) >= 11 is 0. The quantitative estimate of drug-likeness (QED) is 0.369. The fraction of sp³-hybridized carbons (Fsp3) is 0.231. The number of nitrogens with two attached hydrogens (primary N) is 2. The van der Waals surface area contributed by atoms with Crippen LogP contribution in [0.2, 0.25) is 0 Å². The number of ether oxygens (including phenoxy) is 2. The van der Waals surface area contributed by atoms with E-state index in [2.05, 4.69) is 20.0 Å². The van der Waals surface area contributed by atoms with E-state index in [9.17, 15) is 9.59 Å². The van der Waals surface area contributed by atoms with Gasteiger partial charge in [0.25, 0.3) is 0 Å². The molecule has 0 saturated heterocycles. The van der Waals surface area contributed by atoms with Gasteiger partial charge in [-0.25, -0.2) is 19.4 Å². The molecule has 0 fully saturated rings. The van der Waals surface area contributed by atoms with Crippen LogP contribution < -0.4 is 21.3 Å². The molecule has 0 aliphatic rings. The van der Waals surface area contributed by atoms with Crippen molar-refractivity contribution in [1.29, 1.82) is 0 Å². The van der Waals surface area contributed by atoms with Crippen LogP contribution in [-0.4, -0.2) is 61.4 Å². The number of pyridine rings is 2. The number of aliphatic imine (C=N–C) groups is 2. The van der Waals surface area contributed by atoms with E-state index in [0.29, 0.717) is 22.8 Å². The van der Waals surface area contributed by atoms with Gasteiger partial charge in [-0.2, -0.15) is 0 Å². The second-order valence-corrected chi connectivity index (χ2v) is 7.61. The molecule has 4 N–H and O–H groups in total. The van der Waals surface area contributed by atoms with Crippen LogP contribution in [0.4, 0.5) is 21.0 Å². The number of hydrogen-bond donors (Lipinski definition) is 2. The largest absolute Gasteiger partial charge is 0.449 e. The molecule has 0 atom stereocenters. The van der Waals surface area contributed by atoms with E-state index in [1.165, 1.54) is 26.5 Å². The Morgan fingerprint density at radius 3 is 1.34 bits per heavy atom. The van der Waals surface area contributed by atoms with Crippen molar-refractivity contribution in [3.63, 3.8) is 0 Å². The molecule has 3 rings (SSSR count). The van der Waals surface area contributed by atoms with Crippen molar-refractivity contribution in [2.75, 3.05) is 37.1 Å². The van der Waals surface area contributed by atoms with Crippen LogP contribution >= 0.6 is 0 Å². The highest BCUT2D eigenvalue weighted by atomic mass is 16.6. The molecule has 2 aromatic heterocycles. The van der Waals surface area contributed by atoms with Gasteiger partial charge in [0.2, 0.25) is 11.9 Å². The van der Waals surface area contributed by atoms with E-state index >= 15 is 0 Å². The Balaban J connectivity index is 1.80. The van der Waals surface area contributed by atoms with Crippen molar-refractivity contribution < 1.29 is 19.1 Å². The first kappa shape index (κ1) is 27.6. The summed E-state index contributed by atoms with van der Waals surface area (Å²) in [5.41, 5.74) is 15.7. The van der Waals surface area contributed by atoms with E-state index in [-0.39, 0.29) is 25.1 Å². The molecule has 0 saturated carbocycles. The van der Waals surface area contributed by atoms with Crippen molar-refractivity contribution >= 4 is 35.5 Å². The van der Waals surface area contributed by atoms with Gasteiger partial charge in [0.05, 0.1) is 48.4 Å². The van der Waals surface area contributed by atoms with Gasteiger partial charge < -0.3 is 20.9 Å². The third kappa shape index (κ3) is 6.22. The zero-order valence-electron chi connectivity index (χ0n) is 21.7. The van der Waals surface area contributed by atoms with Crippen LogP contribution in [0.3, 0.4) is 0 Å². The molecule has 3 aromatic rings. The second-order valence-electron chi connectivity index (χ2n) is 7.61. The predicted octanol–water partition coefficient (Wildman–Crippen LogP) is 3.63. The maximum Gasteiger partial charge on any atom is 0.421 e. The van der Waals surface area contributed by atoms with Gasteiger partial charge in [-0.05, 0) is 38.1 Å². The van der Waals surface area contributed by atoms with Crippen molar-refractivity contribution in [3.05, 3.63) is 60.9 Å². The fourth-order valence-corrected chi connectivity index (χ4v) is 3.43. The summed E-state index contributed by atoms with van der Waals surface area (Å²) in [5.74, 6) is -0.00757. The van der Waals surface area contributed by atoms with Crippen molar-refractivity contribution in [1.82, 2.24) is 9.97 Å².